The predicted octanol–water partition coefficient (Wildman–Crippen LogP) is 8.70. The van der Waals surface area contributed by atoms with Crippen LogP contribution < -0.4 is 31.8 Å². The fourth-order valence-corrected chi connectivity index (χ4v) is 13.0. The van der Waals surface area contributed by atoms with E-state index in [9.17, 15) is 20.4 Å². The molecule has 0 fully saturated rings. The predicted molar refractivity (Wildman–Crippen MR) is 241 cm³/mol. The molecule has 8 bridgehead atoms. The summed E-state index contributed by atoms with van der Waals surface area (Å²) >= 11 is 0. The van der Waals surface area contributed by atoms with Gasteiger partial charge in [-0.2, -0.15) is 0 Å². The van der Waals surface area contributed by atoms with Crippen LogP contribution in [0.3, 0.4) is 0 Å². The van der Waals surface area contributed by atoms with Crippen molar-refractivity contribution in [3.63, 3.8) is 0 Å². The summed E-state index contributed by atoms with van der Waals surface area (Å²) in [6.07, 6.45) is 1.15. The molecule has 0 spiro atoms. The minimum absolute atomic E-state index is 0.150. The lowest BCUT2D eigenvalue weighted by Crippen LogP contribution is -2.22. The highest BCUT2D eigenvalue weighted by Crippen LogP contribution is 2.42. The summed E-state index contributed by atoms with van der Waals surface area (Å²) in [6, 6.07) is 61.8. The van der Waals surface area contributed by atoms with Gasteiger partial charge in [-0.3, -0.25) is 0 Å². The molecule has 8 aromatic rings. The zero-order valence-electron chi connectivity index (χ0n) is 31.8. The van der Waals surface area contributed by atoms with Crippen molar-refractivity contribution in [3.8, 4) is 23.0 Å². The van der Waals surface area contributed by atoms with Crippen LogP contribution in [-0.2, 0) is 25.7 Å². The molecule has 58 heavy (non-hydrogen) atoms. The summed E-state index contributed by atoms with van der Waals surface area (Å²) in [6.45, 7) is 0. The average molecular weight is 793 g/mol. The van der Waals surface area contributed by atoms with E-state index in [0.717, 1.165) is 10.6 Å². The molecular formula is C52H42O4P2. The van der Waals surface area contributed by atoms with E-state index < -0.39 is 15.8 Å². The number of para-hydroxylation sites is 2. The van der Waals surface area contributed by atoms with Crippen LogP contribution in [0.2, 0.25) is 0 Å². The molecule has 0 aliphatic heterocycles. The molecule has 4 nitrogen and oxygen atoms in total. The Morgan fingerprint density at radius 3 is 0.707 bits per heavy atom. The largest absolute Gasteiger partial charge is 0.507 e. The molecule has 284 valence electrons. The van der Waals surface area contributed by atoms with Crippen molar-refractivity contribution in [2.24, 2.45) is 0 Å². The molecular weight excluding hydrogens is 751 g/mol. The normalized spacial score (nSPS) is 12.4. The van der Waals surface area contributed by atoms with E-state index in [1.165, 1.54) is 21.2 Å². The molecule has 6 heteroatoms. The molecule has 0 amide bonds. The smallest absolute Gasteiger partial charge is 0.122 e. The van der Waals surface area contributed by atoms with E-state index >= 15 is 0 Å². The van der Waals surface area contributed by atoms with Crippen molar-refractivity contribution >= 4 is 47.7 Å². The van der Waals surface area contributed by atoms with Crippen LogP contribution in [0.25, 0.3) is 0 Å². The number of aromatic hydroxyl groups is 4. The molecule has 0 aromatic heterocycles. The first kappa shape index (κ1) is 37.4. The highest BCUT2D eigenvalue weighted by atomic mass is 31.1. The lowest BCUT2D eigenvalue weighted by molar-refractivity contribution is 0.450. The second kappa shape index (κ2) is 16.4. The van der Waals surface area contributed by atoms with Crippen molar-refractivity contribution in [3.05, 3.63) is 226 Å². The number of phenols is 4. The van der Waals surface area contributed by atoms with Crippen LogP contribution in [-0.4, -0.2) is 20.4 Å². The summed E-state index contributed by atoms with van der Waals surface area (Å²) in [4.78, 5) is 0. The molecule has 0 heterocycles. The number of benzene rings is 8. The van der Waals surface area contributed by atoms with Gasteiger partial charge in [0.1, 0.15) is 23.0 Å². The fourth-order valence-electron chi connectivity index (χ4n) is 8.16. The van der Waals surface area contributed by atoms with Gasteiger partial charge >= 0.3 is 0 Å². The highest BCUT2D eigenvalue weighted by Gasteiger charge is 2.25. The maximum absolute atomic E-state index is 12.1. The number of phenolic OH excluding ortho intramolecular Hbond substituents is 4. The molecule has 8 aromatic carbocycles. The summed E-state index contributed by atoms with van der Waals surface area (Å²) in [5, 5.41) is 55.1. The van der Waals surface area contributed by atoms with Crippen LogP contribution in [0.4, 0.5) is 0 Å². The highest BCUT2D eigenvalue weighted by molar-refractivity contribution is 7.80. The molecule has 1 aliphatic rings. The van der Waals surface area contributed by atoms with Gasteiger partial charge in [0.15, 0.2) is 0 Å². The lowest BCUT2D eigenvalue weighted by Gasteiger charge is -2.24. The minimum Gasteiger partial charge on any atom is -0.507 e. The van der Waals surface area contributed by atoms with Gasteiger partial charge in [0.2, 0.25) is 0 Å². The lowest BCUT2D eigenvalue weighted by atomic mass is 9.91. The van der Waals surface area contributed by atoms with Gasteiger partial charge in [-0.1, -0.05) is 158 Å². The molecule has 0 radical (unpaired) electrons. The summed E-state index contributed by atoms with van der Waals surface area (Å²) in [5.74, 6) is 0.613. The van der Waals surface area contributed by atoms with Crippen molar-refractivity contribution in [1.82, 2.24) is 0 Å². The Morgan fingerprint density at radius 1 is 0.241 bits per heavy atom. The number of fused-ring (bicyclic) bond motifs is 8. The van der Waals surface area contributed by atoms with Crippen LogP contribution in [0, 0.1) is 0 Å². The third-order valence-corrected chi connectivity index (χ3v) is 15.8. The van der Waals surface area contributed by atoms with Gasteiger partial charge in [-0.25, -0.2) is 0 Å². The third kappa shape index (κ3) is 7.50. The first-order chi connectivity index (χ1) is 28.4. The maximum atomic E-state index is 12.1. The van der Waals surface area contributed by atoms with Gasteiger partial charge in [0, 0.05) is 25.7 Å². The van der Waals surface area contributed by atoms with Gasteiger partial charge in [0.25, 0.3) is 0 Å². The first-order valence-electron chi connectivity index (χ1n) is 19.5. The molecule has 0 saturated heterocycles. The number of rotatable bonds is 6. The maximum Gasteiger partial charge on any atom is 0.122 e. The Hall–Kier alpha value is -6.18. The first-order valence-corrected chi connectivity index (χ1v) is 22.2. The zero-order chi connectivity index (χ0) is 39.6. The Balaban J connectivity index is 1.23. The van der Waals surface area contributed by atoms with E-state index in [0.29, 0.717) is 44.5 Å². The quantitative estimate of drug-likeness (QED) is 0.127. The van der Waals surface area contributed by atoms with Gasteiger partial charge in [0.05, 0.1) is 0 Å². The molecule has 0 atom stereocenters. The molecule has 0 saturated carbocycles. The summed E-state index contributed by atoms with van der Waals surface area (Å²) < 4.78 is 0. The molecule has 0 unspecified atom stereocenters. The van der Waals surface area contributed by atoms with Gasteiger partial charge in [-0.05, 0) is 116 Å². The topological polar surface area (TPSA) is 80.9 Å². The monoisotopic (exact) mass is 792 g/mol. The van der Waals surface area contributed by atoms with Gasteiger partial charge in [-0.15, -0.1) is 0 Å². The van der Waals surface area contributed by atoms with Crippen molar-refractivity contribution in [2.45, 2.75) is 25.7 Å². The van der Waals surface area contributed by atoms with Crippen LogP contribution in [0.1, 0.15) is 44.5 Å². The Labute approximate surface area is 341 Å². The summed E-state index contributed by atoms with van der Waals surface area (Å²) in [5.41, 5.74) is 5.53. The Kier molecular flexibility index (Phi) is 10.5. The molecule has 9 rings (SSSR count). The van der Waals surface area contributed by atoms with Crippen LogP contribution in [0.5, 0.6) is 23.0 Å². The molecule has 1 aliphatic carbocycles. The van der Waals surface area contributed by atoms with E-state index in [1.807, 2.05) is 60.7 Å². The van der Waals surface area contributed by atoms with Crippen molar-refractivity contribution in [2.75, 3.05) is 0 Å². The summed E-state index contributed by atoms with van der Waals surface area (Å²) in [7, 11) is -2.01. The van der Waals surface area contributed by atoms with E-state index in [4.69, 9.17) is 0 Å². The van der Waals surface area contributed by atoms with E-state index in [2.05, 4.69) is 121 Å². The average Bonchev–Trinajstić information content (AvgIpc) is 3.25. The van der Waals surface area contributed by atoms with Crippen molar-refractivity contribution in [1.29, 1.82) is 0 Å². The van der Waals surface area contributed by atoms with Gasteiger partial charge < -0.3 is 20.4 Å². The second-order valence-electron chi connectivity index (χ2n) is 14.8. The number of hydrogen-bond acceptors (Lipinski definition) is 4. The fraction of sp³-hybridized carbons (Fsp3) is 0.0769. The number of hydrogen-bond donors (Lipinski definition) is 4. The minimum atomic E-state index is -1.01. The SMILES string of the molecule is Oc1c2cccc1Cc1cc(P(c3ccccc3)c3ccccc3)cc(c1O)Cc1cccc(c1O)Cc1cc(P(c3ccccc3)c3ccccc3)cc(c1O)C2. The standard InChI is InChI=1S/C52H42O4P2/c53-49-35-15-13-17-37(49)29-41-33-48(58(45-23-9-3-10-24-45)46-25-11-4-12-26-46)34-42(52(41)56)30-38-18-14-16-36(50(38)54)28-40-32-47(31-39(27-35)51(40)55)57(43-19-5-1-6-20-43)44-21-7-2-8-22-44/h1-26,31-34,53-56H,27-30H2. The third-order valence-electron chi connectivity index (χ3n) is 11.0. The van der Waals surface area contributed by atoms with E-state index in [1.54, 1.807) is 0 Å². The van der Waals surface area contributed by atoms with Crippen molar-refractivity contribution < 1.29 is 20.4 Å². The second-order valence-corrected chi connectivity index (χ2v) is 19.2. The Morgan fingerprint density at radius 2 is 0.466 bits per heavy atom. The zero-order valence-corrected chi connectivity index (χ0v) is 33.6. The van der Waals surface area contributed by atoms with Crippen LogP contribution >= 0.6 is 15.8 Å². The molecule has 4 N–H and O–H groups in total. The Bertz CT molecular complexity index is 2360. The van der Waals surface area contributed by atoms with Crippen LogP contribution in [0.15, 0.2) is 182 Å². The van der Waals surface area contributed by atoms with E-state index in [-0.39, 0.29) is 48.7 Å².